The molecule has 7 heteroatoms. The molecule has 2 N–H and O–H groups in total. The van der Waals surface area contributed by atoms with Crippen molar-refractivity contribution in [2.75, 3.05) is 32.7 Å². The fourth-order valence-electron chi connectivity index (χ4n) is 3.57. The molecule has 0 aromatic carbocycles. The molecule has 1 aliphatic carbocycles. The number of nitrogens with zero attached hydrogens (tertiary/aromatic N) is 2. The molecule has 1 aromatic rings. The standard InChI is InChI=1S/C18H28N4O2S/c23-17(20-18(24)19-15-5-2-1-3-6-15)14-22-10-8-21(9-11-22)13-16-7-4-12-25-16/h4,7,12,15H,1-3,5-6,8-11,13-14H2,(H2,19,20,23,24). The number of nitrogens with one attached hydrogen (secondary N) is 2. The number of amides is 3. The Morgan fingerprint density at radius 3 is 2.48 bits per heavy atom. The van der Waals surface area contributed by atoms with E-state index < -0.39 is 0 Å². The topological polar surface area (TPSA) is 64.7 Å². The van der Waals surface area contributed by atoms with E-state index in [0.29, 0.717) is 6.54 Å². The molecule has 6 nitrogen and oxygen atoms in total. The van der Waals surface area contributed by atoms with Crippen molar-refractivity contribution in [3.63, 3.8) is 0 Å². The summed E-state index contributed by atoms with van der Waals surface area (Å²) in [7, 11) is 0. The van der Waals surface area contributed by atoms with E-state index in [1.165, 1.54) is 11.3 Å². The highest BCUT2D eigenvalue weighted by molar-refractivity contribution is 7.09. The second-order valence-electron chi connectivity index (χ2n) is 6.99. The molecule has 2 heterocycles. The molecule has 0 bridgehead atoms. The van der Waals surface area contributed by atoms with Crippen LogP contribution < -0.4 is 10.6 Å². The van der Waals surface area contributed by atoms with Crippen LogP contribution in [0.25, 0.3) is 0 Å². The second-order valence-corrected chi connectivity index (χ2v) is 8.02. The summed E-state index contributed by atoms with van der Waals surface area (Å²) in [6, 6.07) is 4.13. The van der Waals surface area contributed by atoms with Crippen molar-refractivity contribution in [2.45, 2.75) is 44.7 Å². The molecule has 2 fully saturated rings. The van der Waals surface area contributed by atoms with Crippen LogP contribution in [-0.4, -0.2) is 60.5 Å². The van der Waals surface area contributed by atoms with Gasteiger partial charge in [0.25, 0.3) is 0 Å². The van der Waals surface area contributed by atoms with Gasteiger partial charge in [0.1, 0.15) is 0 Å². The van der Waals surface area contributed by atoms with Crippen LogP contribution in [0, 0.1) is 0 Å². The number of thiophene rings is 1. The lowest BCUT2D eigenvalue weighted by atomic mass is 9.96. The summed E-state index contributed by atoms with van der Waals surface area (Å²) >= 11 is 1.79. The van der Waals surface area contributed by atoms with E-state index >= 15 is 0 Å². The van der Waals surface area contributed by atoms with E-state index in [1.807, 2.05) is 0 Å². The van der Waals surface area contributed by atoms with Crippen molar-refractivity contribution in [3.05, 3.63) is 22.4 Å². The van der Waals surface area contributed by atoms with Crippen molar-refractivity contribution in [3.8, 4) is 0 Å². The summed E-state index contributed by atoms with van der Waals surface area (Å²) in [5.74, 6) is -0.208. The quantitative estimate of drug-likeness (QED) is 0.839. The summed E-state index contributed by atoms with van der Waals surface area (Å²) in [4.78, 5) is 29.9. The monoisotopic (exact) mass is 364 g/mol. The molecule has 1 aromatic heterocycles. The van der Waals surface area contributed by atoms with E-state index in [-0.39, 0.29) is 18.0 Å². The van der Waals surface area contributed by atoms with Gasteiger partial charge >= 0.3 is 6.03 Å². The number of rotatable bonds is 5. The Kier molecular flexibility index (Phi) is 6.84. The molecule has 0 unspecified atom stereocenters. The highest BCUT2D eigenvalue weighted by Crippen LogP contribution is 2.17. The van der Waals surface area contributed by atoms with Gasteiger partial charge in [-0.1, -0.05) is 25.3 Å². The Bertz CT molecular complexity index is 549. The largest absolute Gasteiger partial charge is 0.335 e. The summed E-state index contributed by atoms with van der Waals surface area (Å²) in [6.45, 7) is 4.93. The minimum atomic E-state index is -0.340. The van der Waals surface area contributed by atoms with Gasteiger partial charge in [-0.05, 0) is 24.3 Å². The van der Waals surface area contributed by atoms with Gasteiger partial charge in [-0.2, -0.15) is 0 Å². The first-order valence-electron chi connectivity index (χ1n) is 9.26. The summed E-state index contributed by atoms with van der Waals surface area (Å²) < 4.78 is 0. The van der Waals surface area contributed by atoms with Crippen LogP contribution in [0.3, 0.4) is 0 Å². The molecular formula is C18H28N4O2S. The maximum absolute atomic E-state index is 12.1. The molecule has 1 aliphatic heterocycles. The molecule has 0 atom stereocenters. The van der Waals surface area contributed by atoms with Crippen molar-refractivity contribution in [1.82, 2.24) is 20.4 Å². The normalized spacial score (nSPS) is 20.3. The van der Waals surface area contributed by atoms with Gasteiger partial charge in [-0.3, -0.25) is 19.9 Å². The number of hydrogen-bond donors (Lipinski definition) is 2. The number of piperazine rings is 1. The smallest absolute Gasteiger partial charge is 0.321 e. The number of hydrogen-bond acceptors (Lipinski definition) is 5. The van der Waals surface area contributed by atoms with Gasteiger partial charge < -0.3 is 5.32 Å². The lowest BCUT2D eigenvalue weighted by molar-refractivity contribution is -0.121. The first kappa shape index (κ1) is 18.4. The third kappa shape index (κ3) is 6.09. The van der Waals surface area contributed by atoms with E-state index in [1.54, 1.807) is 11.3 Å². The van der Waals surface area contributed by atoms with Gasteiger partial charge in [0.2, 0.25) is 5.91 Å². The van der Waals surface area contributed by atoms with E-state index in [0.717, 1.165) is 58.4 Å². The van der Waals surface area contributed by atoms with Gasteiger partial charge in [0.05, 0.1) is 6.54 Å². The van der Waals surface area contributed by atoms with Crippen LogP contribution in [0.4, 0.5) is 4.79 Å². The SMILES string of the molecule is O=C(CN1CCN(Cc2cccs2)CC1)NC(=O)NC1CCCCC1. The van der Waals surface area contributed by atoms with Crippen molar-refractivity contribution >= 4 is 23.3 Å². The van der Waals surface area contributed by atoms with Crippen LogP contribution in [-0.2, 0) is 11.3 Å². The minimum Gasteiger partial charge on any atom is -0.335 e. The Balaban J connectivity index is 1.32. The summed E-state index contributed by atoms with van der Waals surface area (Å²) in [6.07, 6.45) is 5.61. The van der Waals surface area contributed by atoms with Crippen LogP contribution in [0.2, 0.25) is 0 Å². The third-order valence-electron chi connectivity index (χ3n) is 4.99. The Morgan fingerprint density at radius 1 is 1.08 bits per heavy atom. The zero-order chi connectivity index (χ0) is 17.5. The first-order valence-corrected chi connectivity index (χ1v) is 10.1. The molecule has 0 spiro atoms. The third-order valence-corrected chi connectivity index (χ3v) is 5.85. The van der Waals surface area contributed by atoms with Gasteiger partial charge in [-0.25, -0.2) is 4.79 Å². The molecule has 25 heavy (non-hydrogen) atoms. The first-order chi connectivity index (χ1) is 12.2. The number of urea groups is 1. The number of carbonyl (C=O) groups is 2. The Morgan fingerprint density at radius 2 is 1.80 bits per heavy atom. The average molecular weight is 365 g/mol. The van der Waals surface area contributed by atoms with E-state index in [4.69, 9.17) is 0 Å². The predicted molar refractivity (Wildman–Crippen MR) is 99.6 cm³/mol. The molecule has 138 valence electrons. The molecule has 1 saturated carbocycles. The lowest BCUT2D eigenvalue weighted by Crippen LogP contribution is -2.51. The van der Waals surface area contributed by atoms with E-state index in [9.17, 15) is 9.59 Å². The summed E-state index contributed by atoms with van der Waals surface area (Å²) in [5.41, 5.74) is 0. The van der Waals surface area contributed by atoms with Crippen molar-refractivity contribution < 1.29 is 9.59 Å². The second kappa shape index (κ2) is 9.31. The Hall–Kier alpha value is -1.44. The van der Waals surface area contributed by atoms with Crippen LogP contribution >= 0.6 is 11.3 Å². The molecule has 1 saturated heterocycles. The highest BCUT2D eigenvalue weighted by atomic mass is 32.1. The Labute approximate surface area is 153 Å². The zero-order valence-electron chi connectivity index (χ0n) is 14.7. The fourth-order valence-corrected chi connectivity index (χ4v) is 4.31. The minimum absolute atomic E-state index is 0.208. The van der Waals surface area contributed by atoms with Gasteiger partial charge in [0, 0.05) is 43.6 Å². The lowest BCUT2D eigenvalue weighted by Gasteiger charge is -2.34. The molecule has 0 radical (unpaired) electrons. The van der Waals surface area contributed by atoms with Gasteiger partial charge in [-0.15, -0.1) is 11.3 Å². The molecular weight excluding hydrogens is 336 g/mol. The molecule has 3 rings (SSSR count). The van der Waals surface area contributed by atoms with Crippen molar-refractivity contribution in [2.24, 2.45) is 0 Å². The highest BCUT2D eigenvalue weighted by Gasteiger charge is 2.21. The van der Waals surface area contributed by atoms with Crippen LogP contribution in [0.15, 0.2) is 17.5 Å². The maximum atomic E-state index is 12.1. The summed E-state index contributed by atoms with van der Waals surface area (Å²) in [5, 5.41) is 7.51. The van der Waals surface area contributed by atoms with Gasteiger partial charge in [0.15, 0.2) is 0 Å². The molecule has 2 aliphatic rings. The number of imide groups is 1. The molecule has 3 amide bonds. The number of carbonyl (C=O) groups excluding carboxylic acids is 2. The van der Waals surface area contributed by atoms with Crippen molar-refractivity contribution in [1.29, 1.82) is 0 Å². The average Bonchev–Trinajstić information content (AvgIpc) is 3.10. The van der Waals surface area contributed by atoms with E-state index in [2.05, 4.69) is 37.9 Å². The van der Waals surface area contributed by atoms with Crippen LogP contribution in [0.1, 0.15) is 37.0 Å². The van der Waals surface area contributed by atoms with Crippen LogP contribution in [0.5, 0.6) is 0 Å². The fraction of sp³-hybridized carbons (Fsp3) is 0.667. The predicted octanol–water partition coefficient (Wildman–Crippen LogP) is 2.02. The zero-order valence-corrected chi connectivity index (χ0v) is 15.5. The maximum Gasteiger partial charge on any atom is 0.321 e.